The highest BCUT2D eigenvalue weighted by Gasteiger charge is 2.75. The molecular weight excluding hydrogens is 404 g/mol. The Morgan fingerprint density at radius 3 is 2.68 bits per heavy atom. The number of rotatable bonds is 0. The van der Waals surface area contributed by atoms with Crippen LogP contribution in [0.3, 0.4) is 0 Å². The molecule has 1 spiro atoms. The SMILES string of the molecule is CC1(C)O[C@H]2O[C@@H]3C[C@H]4O[C@H]5[C@H]6OC(=O)O[C@]4(O[C@@H]3[C@H]2O1)[C@H]6O[C@H]5Br. The first-order chi connectivity index (χ1) is 11.9. The van der Waals surface area contributed by atoms with Gasteiger partial charge in [0.15, 0.2) is 24.3 Å². The molecule has 6 heterocycles. The third-order valence-electron chi connectivity index (χ3n) is 5.65. The second-order valence-corrected chi connectivity index (χ2v) is 8.52. The predicted molar refractivity (Wildman–Crippen MR) is 78.5 cm³/mol. The van der Waals surface area contributed by atoms with E-state index in [4.69, 9.17) is 37.9 Å². The first-order valence-corrected chi connectivity index (χ1v) is 9.31. The summed E-state index contributed by atoms with van der Waals surface area (Å²) < 4.78 is 46.8. The standard InChI is InChI=1S/C15H17BrO9/c1-14(2)22-9-6-4(18-12(9)24-14)3-5-15(23-6)10-7(20-13(17)25-15)8(19-5)11(16)21-10/h4-12H,3H2,1-2H3/t4-,5-,6+,7-,8+,9-,10+,11-,12-,15+/m1/s1. The van der Waals surface area contributed by atoms with Crippen molar-refractivity contribution in [2.75, 3.05) is 0 Å². The van der Waals surface area contributed by atoms with Crippen LogP contribution in [0.2, 0.25) is 0 Å². The Morgan fingerprint density at radius 2 is 1.84 bits per heavy atom. The third kappa shape index (κ3) is 1.91. The fourth-order valence-corrected chi connectivity index (χ4v) is 5.41. The lowest BCUT2D eigenvalue weighted by Crippen LogP contribution is -2.73. The molecule has 0 radical (unpaired) electrons. The summed E-state index contributed by atoms with van der Waals surface area (Å²) in [6.07, 6.45) is -4.01. The van der Waals surface area contributed by atoms with Crippen LogP contribution >= 0.6 is 15.9 Å². The molecule has 0 amide bonds. The number of alkyl halides is 1. The van der Waals surface area contributed by atoms with Gasteiger partial charge in [0.1, 0.15) is 29.4 Å². The largest absolute Gasteiger partial charge is 0.511 e. The minimum atomic E-state index is -1.37. The molecule has 6 aliphatic heterocycles. The van der Waals surface area contributed by atoms with Crippen molar-refractivity contribution >= 4 is 22.1 Å². The van der Waals surface area contributed by atoms with Gasteiger partial charge in [0.25, 0.3) is 5.79 Å². The molecule has 0 aromatic rings. The van der Waals surface area contributed by atoms with Crippen molar-refractivity contribution in [1.29, 1.82) is 0 Å². The summed E-state index contributed by atoms with van der Waals surface area (Å²) in [5, 5.41) is -0.401. The lowest BCUT2D eigenvalue weighted by Gasteiger charge is -2.54. The van der Waals surface area contributed by atoms with Gasteiger partial charge in [0, 0.05) is 6.42 Å². The summed E-state index contributed by atoms with van der Waals surface area (Å²) in [5.74, 6) is -2.12. The van der Waals surface area contributed by atoms with Gasteiger partial charge in [-0.3, -0.25) is 0 Å². The molecule has 0 saturated carbocycles. The Kier molecular flexibility index (Phi) is 2.91. The van der Waals surface area contributed by atoms with E-state index in [1.807, 2.05) is 13.8 Å². The van der Waals surface area contributed by atoms with Crippen LogP contribution in [0, 0.1) is 0 Å². The second-order valence-electron chi connectivity index (χ2n) is 7.61. The molecule has 0 unspecified atom stereocenters. The van der Waals surface area contributed by atoms with Crippen LogP contribution in [-0.4, -0.2) is 71.8 Å². The van der Waals surface area contributed by atoms with Crippen LogP contribution in [0.4, 0.5) is 4.79 Å². The lowest BCUT2D eigenvalue weighted by atomic mass is 9.85. The van der Waals surface area contributed by atoms with Crippen LogP contribution in [-0.2, 0) is 37.9 Å². The molecule has 6 saturated heterocycles. The summed E-state index contributed by atoms with van der Waals surface area (Å²) >= 11 is 3.43. The van der Waals surface area contributed by atoms with Crippen LogP contribution in [0.5, 0.6) is 0 Å². The summed E-state index contributed by atoms with van der Waals surface area (Å²) in [4.78, 5) is 12.0. The zero-order valence-electron chi connectivity index (χ0n) is 13.5. The zero-order chi connectivity index (χ0) is 17.1. The van der Waals surface area contributed by atoms with E-state index in [-0.39, 0.29) is 6.10 Å². The fraction of sp³-hybridized carbons (Fsp3) is 0.933. The molecule has 0 aromatic carbocycles. The van der Waals surface area contributed by atoms with Crippen LogP contribution in [0.25, 0.3) is 0 Å². The molecule has 0 N–H and O–H groups in total. The average molecular weight is 421 g/mol. The van der Waals surface area contributed by atoms with E-state index >= 15 is 0 Å². The number of ether oxygens (including phenoxy) is 8. The minimum absolute atomic E-state index is 0.270. The highest BCUT2D eigenvalue weighted by atomic mass is 79.9. The quantitative estimate of drug-likeness (QED) is 0.416. The zero-order valence-corrected chi connectivity index (χ0v) is 15.0. The Balaban J connectivity index is 1.37. The van der Waals surface area contributed by atoms with E-state index in [1.165, 1.54) is 0 Å². The van der Waals surface area contributed by atoms with Gasteiger partial charge in [-0.05, 0) is 13.8 Å². The molecule has 10 heteroatoms. The second kappa shape index (κ2) is 4.67. The summed E-state index contributed by atoms with van der Waals surface area (Å²) in [5.41, 5.74) is 0. The van der Waals surface area contributed by atoms with Crippen molar-refractivity contribution < 1.29 is 42.7 Å². The maximum absolute atomic E-state index is 12.0. The molecule has 10 atom stereocenters. The van der Waals surface area contributed by atoms with Gasteiger partial charge >= 0.3 is 6.16 Å². The van der Waals surface area contributed by atoms with Crippen molar-refractivity contribution in [2.45, 2.75) is 85.9 Å². The minimum Gasteiger partial charge on any atom is -0.425 e. The maximum Gasteiger partial charge on any atom is 0.511 e. The van der Waals surface area contributed by atoms with Gasteiger partial charge in [-0.15, -0.1) is 0 Å². The highest BCUT2D eigenvalue weighted by Crippen LogP contribution is 2.54. The smallest absolute Gasteiger partial charge is 0.425 e. The first-order valence-electron chi connectivity index (χ1n) is 8.40. The predicted octanol–water partition coefficient (Wildman–Crippen LogP) is 0.771. The van der Waals surface area contributed by atoms with E-state index < -0.39 is 65.7 Å². The van der Waals surface area contributed by atoms with Gasteiger partial charge in [0.05, 0.1) is 6.10 Å². The number of carbonyl (C=O) groups is 1. The topological polar surface area (TPSA) is 90.9 Å². The first kappa shape index (κ1) is 15.6. The number of halogens is 1. The highest BCUT2D eigenvalue weighted by molar-refractivity contribution is 9.09. The van der Waals surface area contributed by atoms with E-state index in [2.05, 4.69) is 15.9 Å². The van der Waals surface area contributed by atoms with Gasteiger partial charge < -0.3 is 37.9 Å². The Labute approximate surface area is 151 Å². The fourth-order valence-electron chi connectivity index (χ4n) is 4.75. The summed E-state index contributed by atoms with van der Waals surface area (Å²) in [6, 6.07) is 0. The molecular formula is C15H17BrO9. The van der Waals surface area contributed by atoms with E-state index in [1.54, 1.807) is 0 Å². The average Bonchev–Trinajstić information content (AvgIpc) is 3.05. The molecule has 6 rings (SSSR count). The Hall–Kier alpha value is -0.490. The Bertz CT molecular complexity index is 642. The molecule has 6 aliphatic rings. The maximum atomic E-state index is 12.0. The van der Waals surface area contributed by atoms with Crippen molar-refractivity contribution in [3.63, 3.8) is 0 Å². The molecule has 138 valence electrons. The molecule has 6 fully saturated rings. The number of carbonyl (C=O) groups excluding carboxylic acids is 1. The van der Waals surface area contributed by atoms with E-state index in [0.717, 1.165) is 0 Å². The normalized spacial score (nSPS) is 60.3. The number of hydrogen-bond donors (Lipinski definition) is 0. The molecule has 0 aromatic heterocycles. The van der Waals surface area contributed by atoms with Gasteiger partial charge in [-0.1, -0.05) is 15.9 Å². The molecule has 25 heavy (non-hydrogen) atoms. The van der Waals surface area contributed by atoms with Crippen LogP contribution < -0.4 is 0 Å². The third-order valence-corrected chi connectivity index (χ3v) is 6.39. The van der Waals surface area contributed by atoms with E-state index in [9.17, 15) is 4.79 Å². The summed E-state index contributed by atoms with van der Waals surface area (Å²) in [7, 11) is 0. The van der Waals surface area contributed by atoms with Crippen molar-refractivity contribution in [1.82, 2.24) is 0 Å². The van der Waals surface area contributed by atoms with Crippen molar-refractivity contribution in [3.05, 3.63) is 0 Å². The number of hydrogen-bond acceptors (Lipinski definition) is 9. The van der Waals surface area contributed by atoms with E-state index in [0.29, 0.717) is 6.42 Å². The molecule has 4 bridgehead atoms. The van der Waals surface area contributed by atoms with Gasteiger partial charge in [0.2, 0.25) is 0 Å². The molecule has 9 nitrogen and oxygen atoms in total. The lowest BCUT2D eigenvalue weighted by molar-refractivity contribution is -0.402. The van der Waals surface area contributed by atoms with Gasteiger partial charge in [-0.25, -0.2) is 4.79 Å². The molecule has 0 aliphatic carbocycles. The van der Waals surface area contributed by atoms with Crippen LogP contribution in [0.1, 0.15) is 20.3 Å². The van der Waals surface area contributed by atoms with Gasteiger partial charge in [-0.2, -0.15) is 0 Å². The summed E-state index contributed by atoms with van der Waals surface area (Å²) in [6.45, 7) is 3.64. The van der Waals surface area contributed by atoms with Crippen LogP contribution in [0.15, 0.2) is 0 Å². The monoisotopic (exact) mass is 420 g/mol. The van der Waals surface area contributed by atoms with Crippen molar-refractivity contribution in [3.8, 4) is 0 Å². The van der Waals surface area contributed by atoms with Crippen molar-refractivity contribution in [2.24, 2.45) is 0 Å². The Morgan fingerprint density at radius 1 is 1.00 bits per heavy atom. The number of fused-ring (bicyclic) bond motifs is 3.